The van der Waals surface area contributed by atoms with Gasteiger partial charge in [-0.15, -0.1) is 0 Å². The summed E-state index contributed by atoms with van der Waals surface area (Å²) in [5.41, 5.74) is 1.19. The van der Waals surface area contributed by atoms with E-state index < -0.39 is 0 Å². The van der Waals surface area contributed by atoms with Gasteiger partial charge in [0.1, 0.15) is 5.75 Å². The van der Waals surface area contributed by atoms with Crippen molar-refractivity contribution in [1.29, 1.82) is 0 Å². The Morgan fingerprint density at radius 1 is 1.10 bits per heavy atom. The number of amides is 2. The van der Waals surface area contributed by atoms with Gasteiger partial charge in [0.25, 0.3) is 0 Å². The van der Waals surface area contributed by atoms with Gasteiger partial charge in [0.2, 0.25) is 0 Å². The van der Waals surface area contributed by atoms with Crippen LogP contribution in [0.25, 0.3) is 0 Å². The molecule has 1 aliphatic rings. The summed E-state index contributed by atoms with van der Waals surface area (Å²) in [6.45, 7) is 8.90. The maximum Gasteiger partial charge on any atom is 0.320 e. The quantitative estimate of drug-likeness (QED) is 0.854. The zero-order valence-electron chi connectivity index (χ0n) is 13.2. The smallest absolute Gasteiger partial charge is 0.320 e. The molecule has 0 atom stereocenters. The predicted molar refractivity (Wildman–Crippen MR) is 85.1 cm³/mol. The Labute approximate surface area is 127 Å². The van der Waals surface area contributed by atoms with Crippen LogP contribution in [0.3, 0.4) is 0 Å². The van der Waals surface area contributed by atoms with E-state index in [2.05, 4.69) is 17.0 Å². The molecule has 2 amide bonds. The molecule has 0 spiro atoms. The summed E-state index contributed by atoms with van der Waals surface area (Å²) in [5, 5.41) is 0. The zero-order chi connectivity index (χ0) is 15.2. The Balaban J connectivity index is 1.91. The van der Waals surface area contributed by atoms with Crippen LogP contribution in [0.1, 0.15) is 13.8 Å². The molecule has 1 aromatic rings. The Morgan fingerprint density at radius 3 is 2.14 bits per heavy atom. The molecule has 21 heavy (non-hydrogen) atoms. The summed E-state index contributed by atoms with van der Waals surface area (Å²) in [5.74, 6) is 0.870. The van der Waals surface area contributed by atoms with Crippen LogP contribution in [-0.4, -0.2) is 62.2 Å². The van der Waals surface area contributed by atoms with Crippen LogP contribution in [-0.2, 0) is 0 Å². The van der Waals surface area contributed by atoms with E-state index >= 15 is 0 Å². The highest BCUT2D eigenvalue weighted by Crippen LogP contribution is 2.20. The van der Waals surface area contributed by atoms with E-state index in [1.807, 2.05) is 35.8 Å². The van der Waals surface area contributed by atoms with Gasteiger partial charge in [0.05, 0.1) is 7.11 Å². The van der Waals surface area contributed by atoms with Crippen molar-refractivity contribution in [3.63, 3.8) is 0 Å². The Kier molecular flexibility index (Phi) is 5.31. The number of hydrogen-bond acceptors (Lipinski definition) is 3. The number of hydrogen-bond donors (Lipinski definition) is 0. The van der Waals surface area contributed by atoms with Gasteiger partial charge in [-0.05, 0) is 38.1 Å². The topological polar surface area (TPSA) is 36.0 Å². The molecule has 2 rings (SSSR count). The van der Waals surface area contributed by atoms with Crippen molar-refractivity contribution < 1.29 is 9.53 Å². The first kappa shape index (κ1) is 15.5. The number of nitrogens with zero attached hydrogens (tertiary/aromatic N) is 3. The molecule has 1 aliphatic heterocycles. The van der Waals surface area contributed by atoms with Gasteiger partial charge in [-0.3, -0.25) is 0 Å². The molecule has 116 valence electrons. The van der Waals surface area contributed by atoms with Crippen molar-refractivity contribution in [3.05, 3.63) is 24.3 Å². The van der Waals surface area contributed by atoms with Gasteiger partial charge in [-0.25, -0.2) is 4.79 Å². The fourth-order valence-electron chi connectivity index (χ4n) is 2.64. The summed E-state index contributed by atoms with van der Waals surface area (Å²) in [7, 11) is 1.67. The van der Waals surface area contributed by atoms with Gasteiger partial charge in [0.15, 0.2) is 0 Å². The highest BCUT2D eigenvalue weighted by molar-refractivity contribution is 5.74. The molecule has 1 fully saturated rings. The zero-order valence-corrected chi connectivity index (χ0v) is 13.2. The van der Waals surface area contributed by atoms with Gasteiger partial charge < -0.3 is 19.4 Å². The monoisotopic (exact) mass is 291 g/mol. The average molecular weight is 291 g/mol. The molecule has 0 bridgehead atoms. The first-order valence-electron chi connectivity index (χ1n) is 7.62. The van der Waals surface area contributed by atoms with Crippen molar-refractivity contribution >= 4 is 11.7 Å². The lowest BCUT2D eigenvalue weighted by atomic mass is 10.2. The van der Waals surface area contributed by atoms with Crippen LogP contribution in [0, 0.1) is 0 Å². The summed E-state index contributed by atoms with van der Waals surface area (Å²) in [6, 6.07) is 8.25. The molecule has 1 saturated heterocycles. The lowest BCUT2D eigenvalue weighted by Gasteiger charge is -2.38. The third kappa shape index (κ3) is 3.60. The van der Waals surface area contributed by atoms with E-state index in [-0.39, 0.29) is 6.03 Å². The van der Waals surface area contributed by atoms with E-state index in [4.69, 9.17) is 4.74 Å². The molecule has 0 aromatic heterocycles. The highest BCUT2D eigenvalue weighted by atomic mass is 16.5. The molecule has 0 unspecified atom stereocenters. The third-order valence-corrected chi connectivity index (χ3v) is 4.02. The van der Waals surface area contributed by atoms with Crippen molar-refractivity contribution in [2.45, 2.75) is 13.8 Å². The predicted octanol–water partition coefficient (Wildman–Crippen LogP) is 2.28. The molecular weight excluding hydrogens is 266 g/mol. The van der Waals surface area contributed by atoms with Crippen molar-refractivity contribution in [1.82, 2.24) is 9.80 Å². The second kappa shape index (κ2) is 7.20. The summed E-state index contributed by atoms with van der Waals surface area (Å²) in [6.07, 6.45) is 0. The summed E-state index contributed by atoms with van der Waals surface area (Å²) in [4.78, 5) is 18.4. The normalized spacial score (nSPS) is 15.0. The third-order valence-electron chi connectivity index (χ3n) is 4.02. The fourth-order valence-corrected chi connectivity index (χ4v) is 2.64. The van der Waals surface area contributed by atoms with Crippen LogP contribution in [0.2, 0.25) is 0 Å². The number of methoxy groups -OCH3 is 1. The minimum Gasteiger partial charge on any atom is -0.497 e. The van der Waals surface area contributed by atoms with Crippen LogP contribution in [0.15, 0.2) is 24.3 Å². The van der Waals surface area contributed by atoms with Gasteiger partial charge >= 0.3 is 6.03 Å². The number of urea groups is 1. The second-order valence-electron chi connectivity index (χ2n) is 5.13. The van der Waals surface area contributed by atoms with E-state index in [0.29, 0.717) is 0 Å². The first-order chi connectivity index (χ1) is 10.2. The van der Waals surface area contributed by atoms with Gasteiger partial charge in [-0.1, -0.05) is 0 Å². The lowest BCUT2D eigenvalue weighted by Crippen LogP contribution is -2.52. The van der Waals surface area contributed by atoms with Crippen LogP contribution in [0.5, 0.6) is 5.75 Å². The first-order valence-corrected chi connectivity index (χ1v) is 7.62. The summed E-state index contributed by atoms with van der Waals surface area (Å²) < 4.78 is 5.18. The van der Waals surface area contributed by atoms with Crippen LogP contribution < -0.4 is 9.64 Å². The molecule has 0 aliphatic carbocycles. The van der Waals surface area contributed by atoms with Crippen molar-refractivity contribution in [2.24, 2.45) is 0 Å². The van der Waals surface area contributed by atoms with E-state index in [1.54, 1.807) is 7.11 Å². The number of carbonyl (C=O) groups is 1. The number of ether oxygens (including phenoxy) is 1. The van der Waals surface area contributed by atoms with Crippen LogP contribution in [0.4, 0.5) is 10.5 Å². The van der Waals surface area contributed by atoms with Gasteiger partial charge in [-0.2, -0.15) is 0 Å². The number of rotatable bonds is 4. The molecule has 0 N–H and O–H groups in total. The maximum atomic E-state index is 12.3. The Hall–Kier alpha value is -1.91. The summed E-state index contributed by atoms with van der Waals surface area (Å²) >= 11 is 0. The average Bonchev–Trinajstić information content (AvgIpc) is 2.56. The largest absolute Gasteiger partial charge is 0.497 e. The molecule has 1 aromatic carbocycles. The maximum absolute atomic E-state index is 12.3. The molecule has 5 heteroatoms. The lowest BCUT2D eigenvalue weighted by molar-refractivity contribution is 0.154. The number of benzene rings is 1. The molecule has 0 saturated carbocycles. The number of anilines is 1. The molecule has 1 heterocycles. The minimum atomic E-state index is 0.161. The van der Waals surface area contributed by atoms with E-state index in [0.717, 1.165) is 45.0 Å². The highest BCUT2D eigenvalue weighted by Gasteiger charge is 2.23. The number of carbonyl (C=O) groups excluding carboxylic acids is 1. The van der Waals surface area contributed by atoms with Crippen LogP contribution >= 0.6 is 0 Å². The van der Waals surface area contributed by atoms with Crippen molar-refractivity contribution in [3.8, 4) is 5.75 Å². The van der Waals surface area contributed by atoms with E-state index in [1.165, 1.54) is 5.69 Å². The minimum absolute atomic E-state index is 0.161. The van der Waals surface area contributed by atoms with Gasteiger partial charge in [0, 0.05) is 45.0 Å². The standard InChI is InChI=1S/C16H25N3O2/c1-4-17(5-2)16(20)19-12-10-18(11-13-19)14-6-8-15(21-3)9-7-14/h6-9H,4-5,10-13H2,1-3H3. The molecular formula is C16H25N3O2. The Bertz CT molecular complexity index is 449. The Morgan fingerprint density at radius 2 is 1.67 bits per heavy atom. The van der Waals surface area contributed by atoms with Crippen molar-refractivity contribution in [2.75, 3.05) is 51.3 Å². The molecule has 0 radical (unpaired) electrons. The SMILES string of the molecule is CCN(CC)C(=O)N1CCN(c2ccc(OC)cc2)CC1. The second-order valence-corrected chi connectivity index (χ2v) is 5.13. The number of piperazine rings is 1. The fraction of sp³-hybridized carbons (Fsp3) is 0.562. The van der Waals surface area contributed by atoms with E-state index in [9.17, 15) is 4.79 Å². The molecule has 5 nitrogen and oxygen atoms in total.